The van der Waals surface area contributed by atoms with Gasteiger partial charge in [-0.25, -0.2) is 0 Å². The molecule has 1 heterocycles. The second-order valence-corrected chi connectivity index (χ2v) is 7.99. The van der Waals surface area contributed by atoms with E-state index in [-0.39, 0.29) is 11.7 Å². The van der Waals surface area contributed by atoms with Crippen molar-refractivity contribution in [3.05, 3.63) is 46.7 Å². The zero-order chi connectivity index (χ0) is 21.7. The van der Waals surface area contributed by atoms with Gasteiger partial charge in [0.1, 0.15) is 5.75 Å². The number of benzene rings is 1. The van der Waals surface area contributed by atoms with Gasteiger partial charge in [-0.1, -0.05) is 18.9 Å². The Bertz CT molecular complexity index is 847. The normalized spacial score (nSPS) is 15.6. The number of nitrogens with one attached hydrogen (secondary N) is 1. The largest absolute Gasteiger partial charge is 0.494 e. The molecule has 1 aromatic carbocycles. The summed E-state index contributed by atoms with van der Waals surface area (Å²) in [4.78, 5) is 26.5. The average molecular weight is 440 g/mol. The van der Waals surface area contributed by atoms with E-state index in [0.29, 0.717) is 22.1 Å². The van der Waals surface area contributed by atoms with E-state index in [0.717, 1.165) is 37.0 Å². The molecular weight excluding hydrogens is 417 g/mol. The first kappa shape index (κ1) is 22.1. The number of halogens is 3. The molecule has 3 rings (SSSR count). The molecule has 0 saturated heterocycles. The van der Waals surface area contributed by atoms with Gasteiger partial charge in [-0.05, 0) is 55.5 Å². The average Bonchev–Trinajstić information content (AvgIpc) is 3.40. The molecule has 1 fully saturated rings. The maximum Gasteiger partial charge on any atom is 0.471 e. The molecule has 0 spiro atoms. The Morgan fingerprint density at radius 2 is 1.87 bits per heavy atom. The molecule has 1 aliphatic carbocycles. The fraction of sp³-hybridized carbons (Fsp3) is 0.429. The molecule has 1 aromatic heterocycles. The van der Waals surface area contributed by atoms with E-state index in [4.69, 9.17) is 4.74 Å². The number of nitrogens with zero attached hydrogens (tertiary/aromatic N) is 1. The monoisotopic (exact) mass is 440 g/mol. The van der Waals surface area contributed by atoms with Crippen LogP contribution in [0, 0.1) is 0 Å². The van der Waals surface area contributed by atoms with Crippen molar-refractivity contribution in [1.29, 1.82) is 0 Å². The van der Waals surface area contributed by atoms with E-state index in [1.54, 1.807) is 24.4 Å². The summed E-state index contributed by atoms with van der Waals surface area (Å²) in [5, 5.41) is 4.50. The van der Waals surface area contributed by atoms with Gasteiger partial charge in [-0.2, -0.15) is 13.2 Å². The van der Waals surface area contributed by atoms with Gasteiger partial charge >= 0.3 is 12.1 Å². The van der Waals surface area contributed by atoms with Crippen molar-refractivity contribution in [2.75, 3.05) is 11.5 Å². The predicted octanol–water partition coefficient (Wildman–Crippen LogP) is 4.84. The van der Waals surface area contributed by atoms with Crippen LogP contribution >= 0.6 is 11.3 Å². The molecule has 0 radical (unpaired) electrons. The van der Waals surface area contributed by atoms with Crippen molar-refractivity contribution in [2.45, 2.75) is 50.9 Å². The topological polar surface area (TPSA) is 58.6 Å². The first-order valence-electron chi connectivity index (χ1n) is 9.78. The molecule has 2 aromatic rings. The molecule has 1 unspecified atom stereocenters. The second kappa shape index (κ2) is 9.51. The Hall–Kier alpha value is -2.55. The van der Waals surface area contributed by atoms with Gasteiger partial charge in [-0.15, -0.1) is 11.3 Å². The smallest absolute Gasteiger partial charge is 0.471 e. The zero-order valence-corrected chi connectivity index (χ0v) is 17.3. The van der Waals surface area contributed by atoms with Crippen LogP contribution in [0.1, 0.15) is 43.5 Å². The molecule has 1 saturated carbocycles. The van der Waals surface area contributed by atoms with Gasteiger partial charge in [0.15, 0.2) is 6.04 Å². The highest BCUT2D eigenvalue weighted by molar-refractivity contribution is 7.10. The van der Waals surface area contributed by atoms with E-state index in [1.165, 1.54) is 24.3 Å². The van der Waals surface area contributed by atoms with Crippen LogP contribution in [0.4, 0.5) is 18.9 Å². The fourth-order valence-corrected chi connectivity index (χ4v) is 4.37. The lowest BCUT2D eigenvalue weighted by Crippen LogP contribution is -2.50. The molecule has 1 N–H and O–H groups in total. The molecule has 2 amide bonds. The summed E-state index contributed by atoms with van der Waals surface area (Å²) in [6.07, 6.45) is -1.67. The molecule has 0 aliphatic heterocycles. The Morgan fingerprint density at radius 3 is 2.40 bits per heavy atom. The molecule has 1 atom stereocenters. The summed E-state index contributed by atoms with van der Waals surface area (Å²) in [6.45, 7) is 2.18. The Labute approximate surface area is 176 Å². The van der Waals surface area contributed by atoms with Gasteiger partial charge < -0.3 is 10.1 Å². The summed E-state index contributed by atoms with van der Waals surface area (Å²) < 4.78 is 45.9. The first-order chi connectivity index (χ1) is 14.3. The maximum atomic E-state index is 13.5. The van der Waals surface area contributed by atoms with E-state index in [9.17, 15) is 22.8 Å². The van der Waals surface area contributed by atoms with E-state index >= 15 is 0 Å². The van der Waals surface area contributed by atoms with Crippen molar-refractivity contribution in [2.24, 2.45) is 0 Å². The van der Waals surface area contributed by atoms with E-state index < -0.39 is 24.0 Å². The van der Waals surface area contributed by atoms with Crippen LogP contribution in [0.25, 0.3) is 0 Å². The van der Waals surface area contributed by atoms with Crippen LogP contribution in [-0.2, 0) is 9.59 Å². The predicted molar refractivity (Wildman–Crippen MR) is 109 cm³/mol. The van der Waals surface area contributed by atoms with Gasteiger partial charge in [-0.3, -0.25) is 14.5 Å². The highest BCUT2D eigenvalue weighted by Crippen LogP contribution is 2.35. The van der Waals surface area contributed by atoms with Gasteiger partial charge in [0.25, 0.3) is 0 Å². The molecule has 0 bridgehead atoms. The Morgan fingerprint density at radius 1 is 1.20 bits per heavy atom. The van der Waals surface area contributed by atoms with Crippen LogP contribution in [-0.4, -0.2) is 30.6 Å². The highest BCUT2D eigenvalue weighted by atomic mass is 32.1. The number of rotatable bonds is 7. The quantitative estimate of drug-likeness (QED) is 0.670. The first-order valence-corrected chi connectivity index (χ1v) is 10.7. The van der Waals surface area contributed by atoms with Crippen LogP contribution < -0.4 is 15.0 Å². The number of carbonyl (C=O) groups excluding carboxylic acids is 2. The Kier molecular flexibility index (Phi) is 7.02. The van der Waals surface area contributed by atoms with Crippen molar-refractivity contribution in [1.82, 2.24) is 5.32 Å². The van der Waals surface area contributed by atoms with Crippen LogP contribution in [0.15, 0.2) is 41.8 Å². The van der Waals surface area contributed by atoms with Gasteiger partial charge in [0, 0.05) is 16.6 Å². The lowest BCUT2D eigenvalue weighted by molar-refractivity contribution is -0.171. The van der Waals surface area contributed by atoms with Gasteiger partial charge in [0.05, 0.1) is 6.61 Å². The standard InChI is InChI=1S/C21H23F3N2O3S/c1-2-29-16-11-9-15(10-12-16)26(20(28)21(22,23)24)18(17-8-5-13-30-17)19(27)25-14-6-3-4-7-14/h5,8-14,18H,2-4,6-7H2,1H3,(H,25,27). The second-order valence-electron chi connectivity index (χ2n) is 7.01. The van der Waals surface area contributed by atoms with Crippen LogP contribution in [0.3, 0.4) is 0 Å². The zero-order valence-electron chi connectivity index (χ0n) is 16.4. The number of amides is 2. The maximum absolute atomic E-state index is 13.5. The van der Waals surface area contributed by atoms with Crippen LogP contribution in [0.2, 0.25) is 0 Å². The fourth-order valence-electron chi connectivity index (χ4n) is 3.56. The minimum atomic E-state index is -5.14. The van der Waals surface area contributed by atoms with Crippen molar-refractivity contribution < 1.29 is 27.5 Å². The Balaban J connectivity index is 2.01. The third-order valence-electron chi connectivity index (χ3n) is 4.91. The third kappa shape index (κ3) is 5.13. The molecular formula is C21H23F3N2O3S. The summed E-state index contributed by atoms with van der Waals surface area (Å²) in [7, 11) is 0. The lowest BCUT2D eigenvalue weighted by atomic mass is 10.1. The number of carbonyl (C=O) groups is 2. The third-order valence-corrected chi connectivity index (χ3v) is 5.83. The SMILES string of the molecule is CCOc1ccc(N(C(=O)C(F)(F)F)C(C(=O)NC2CCCC2)c2cccs2)cc1. The number of thiophene rings is 1. The number of ether oxygens (including phenoxy) is 1. The molecule has 9 heteroatoms. The van der Waals surface area contributed by atoms with Crippen molar-refractivity contribution >= 4 is 28.8 Å². The highest BCUT2D eigenvalue weighted by Gasteiger charge is 2.48. The molecule has 162 valence electrons. The van der Waals surface area contributed by atoms with E-state index in [2.05, 4.69) is 5.32 Å². The molecule has 1 aliphatic rings. The van der Waals surface area contributed by atoms with E-state index in [1.807, 2.05) is 0 Å². The van der Waals surface area contributed by atoms with Crippen molar-refractivity contribution in [3.8, 4) is 5.75 Å². The number of hydrogen-bond donors (Lipinski definition) is 1. The summed E-state index contributed by atoms with van der Waals surface area (Å²) in [5.74, 6) is -2.24. The minimum absolute atomic E-state index is 0.0271. The summed E-state index contributed by atoms with van der Waals surface area (Å²) >= 11 is 1.13. The number of anilines is 1. The number of hydrogen-bond acceptors (Lipinski definition) is 4. The van der Waals surface area contributed by atoms with Gasteiger partial charge in [0.2, 0.25) is 5.91 Å². The molecule has 5 nitrogen and oxygen atoms in total. The van der Waals surface area contributed by atoms with Crippen LogP contribution in [0.5, 0.6) is 5.75 Å². The summed E-state index contributed by atoms with van der Waals surface area (Å²) in [5.41, 5.74) is -0.0271. The lowest BCUT2D eigenvalue weighted by Gasteiger charge is -2.32. The summed E-state index contributed by atoms with van der Waals surface area (Å²) in [6, 6.07) is 7.38. The molecule has 30 heavy (non-hydrogen) atoms. The minimum Gasteiger partial charge on any atom is -0.494 e. The van der Waals surface area contributed by atoms with Crippen molar-refractivity contribution in [3.63, 3.8) is 0 Å². The number of alkyl halides is 3.